The van der Waals surface area contributed by atoms with Crippen molar-refractivity contribution in [3.8, 4) is 5.75 Å². The van der Waals surface area contributed by atoms with Gasteiger partial charge in [0.05, 0.1) is 0 Å². The maximum Gasteiger partial charge on any atom is 0.262 e. The smallest absolute Gasteiger partial charge is 0.262 e. The number of amides is 1. The standard InChI is InChI=1S/C23H30N2O2/c1-18-11-13-21(14-12-18)25-23(26)17-27-22-10-6-7-19(15-22)16-24-20-8-4-2-3-5-9-20/h6-7,10-15,20,24H,2-5,8-9,16-17H2,1H3,(H,25,26). The van der Waals surface area contributed by atoms with E-state index in [9.17, 15) is 4.79 Å². The molecule has 2 aromatic rings. The third-order valence-electron chi connectivity index (χ3n) is 5.05. The number of hydrogen-bond acceptors (Lipinski definition) is 3. The van der Waals surface area contributed by atoms with Crippen molar-refractivity contribution in [1.29, 1.82) is 0 Å². The molecule has 1 aliphatic rings. The first-order valence-corrected chi connectivity index (χ1v) is 10.0. The van der Waals surface area contributed by atoms with Gasteiger partial charge in [-0.2, -0.15) is 0 Å². The van der Waals surface area contributed by atoms with Crippen LogP contribution in [-0.4, -0.2) is 18.6 Å². The van der Waals surface area contributed by atoms with E-state index in [0.717, 1.165) is 18.0 Å². The van der Waals surface area contributed by atoms with Gasteiger partial charge in [0, 0.05) is 18.3 Å². The van der Waals surface area contributed by atoms with Crippen LogP contribution in [0.15, 0.2) is 48.5 Å². The molecule has 4 nitrogen and oxygen atoms in total. The number of benzene rings is 2. The van der Waals surface area contributed by atoms with E-state index in [0.29, 0.717) is 6.04 Å². The fraction of sp³-hybridized carbons (Fsp3) is 0.435. The van der Waals surface area contributed by atoms with Crippen molar-refractivity contribution in [3.63, 3.8) is 0 Å². The highest BCUT2D eigenvalue weighted by Gasteiger charge is 2.11. The molecule has 0 radical (unpaired) electrons. The zero-order valence-electron chi connectivity index (χ0n) is 16.2. The summed E-state index contributed by atoms with van der Waals surface area (Å²) in [6, 6.07) is 16.4. The van der Waals surface area contributed by atoms with E-state index in [1.165, 1.54) is 49.7 Å². The summed E-state index contributed by atoms with van der Waals surface area (Å²) in [5.74, 6) is 0.579. The van der Waals surface area contributed by atoms with Crippen LogP contribution < -0.4 is 15.4 Å². The Bertz CT molecular complexity index is 719. The fourth-order valence-electron chi connectivity index (χ4n) is 3.47. The van der Waals surface area contributed by atoms with Crippen LogP contribution in [0.2, 0.25) is 0 Å². The minimum Gasteiger partial charge on any atom is -0.484 e. The molecular weight excluding hydrogens is 336 g/mol. The quantitative estimate of drug-likeness (QED) is 0.691. The van der Waals surface area contributed by atoms with Crippen LogP contribution in [0.5, 0.6) is 5.75 Å². The van der Waals surface area contributed by atoms with E-state index >= 15 is 0 Å². The molecule has 27 heavy (non-hydrogen) atoms. The molecule has 0 aromatic heterocycles. The average Bonchev–Trinajstić information content (AvgIpc) is 2.96. The molecule has 4 heteroatoms. The van der Waals surface area contributed by atoms with E-state index in [1.54, 1.807) is 0 Å². The molecule has 0 bridgehead atoms. The lowest BCUT2D eigenvalue weighted by Gasteiger charge is -2.16. The van der Waals surface area contributed by atoms with Gasteiger partial charge in [-0.3, -0.25) is 4.79 Å². The van der Waals surface area contributed by atoms with Gasteiger partial charge in [0.15, 0.2) is 6.61 Å². The zero-order valence-corrected chi connectivity index (χ0v) is 16.2. The Labute approximate surface area is 162 Å². The van der Waals surface area contributed by atoms with Crippen molar-refractivity contribution in [2.45, 2.75) is 58.0 Å². The third kappa shape index (κ3) is 6.72. The topological polar surface area (TPSA) is 50.4 Å². The molecule has 0 unspecified atom stereocenters. The Balaban J connectivity index is 1.45. The van der Waals surface area contributed by atoms with Crippen molar-refractivity contribution in [2.24, 2.45) is 0 Å². The predicted octanol–water partition coefficient (Wildman–Crippen LogP) is 4.82. The summed E-state index contributed by atoms with van der Waals surface area (Å²) < 4.78 is 5.68. The van der Waals surface area contributed by atoms with E-state index in [-0.39, 0.29) is 12.5 Å². The minimum absolute atomic E-state index is 0.00732. The summed E-state index contributed by atoms with van der Waals surface area (Å²) in [6.45, 7) is 2.87. The lowest BCUT2D eigenvalue weighted by Crippen LogP contribution is -2.27. The van der Waals surface area contributed by atoms with Crippen LogP contribution in [0, 0.1) is 6.92 Å². The molecule has 1 fully saturated rings. The first-order chi connectivity index (χ1) is 13.2. The Hall–Kier alpha value is -2.33. The molecule has 0 aliphatic heterocycles. The van der Waals surface area contributed by atoms with Crippen molar-refractivity contribution in [2.75, 3.05) is 11.9 Å². The highest BCUT2D eigenvalue weighted by atomic mass is 16.5. The van der Waals surface area contributed by atoms with Gasteiger partial charge in [-0.1, -0.05) is 55.5 Å². The summed E-state index contributed by atoms with van der Waals surface area (Å²) in [6.07, 6.45) is 7.94. The second kappa shape index (κ2) is 10.1. The molecule has 2 aromatic carbocycles. The number of hydrogen-bond donors (Lipinski definition) is 2. The second-order valence-corrected chi connectivity index (χ2v) is 7.42. The number of nitrogens with one attached hydrogen (secondary N) is 2. The van der Waals surface area contributed by atoms with Crippen LogP contribution >= 0.6 is 0 Å². The summed E-state index contributed by atoms with van der Waals surface area (Å²) in [4.78, 5) is 12.1. The maximum absolute atomic E-state index is 12.1. The molecule has 0 atom stereocenters. The SMILES string of the molecule is Cc1ccc(NC(=O)COc2cccc(CNC3CCCCCC3)c2)cc1. The first-order valence-electron chi connectivity index (χ1n) is 10.0. The molecule has 3 rings (SSSR count). The van der Waals surface area contributed by atoms with Gasteiger partial charge < -0.3 is 15.4 Å². The van der Waals surface area contributed by atoms with Crippen molar-refractivity contribution >= 4 is 11.6 Å². The first kappa shape index (κ1) is 19.4. The van der Waals surface area contributed by atoms with Gasteiger partial charge in [0.2, 0.25) is 0 Å². The zero-order chi connectivity index (χ0) is 18.9. The number of carbonyl (C=O) groups is 1. The van der Waals surface area contributed by atoms with Gasteiger partial charge in [-0.25, -0.2) is 0 Å². The Morgan fingerprint density at radius 1 is 1.04 bits per heavy atom. The summed E-state index contributed by atoms with van der Waals surface area (Å²) in [7, 11) is 0. The minimum atomic E-state index is -0.152. The van der Waals surface area contributed by atoms with Crippen molar-refractivity contribution in [3.05, 3.63) is 59.7 Å². The normalized spacial score (nSPS) is 15.1. The van der Waals surface area contributed by atoms with E-state index < -0.39 is 0 Å². The van der Waals surface area contributed by atoms with E-state index in [2.05, 4.69) is 16.7 Å². The molecule has 1 amide bonds. The van der Waals surface area contributed by atoms with E-state index in [1.807, 2.05) is 49.4 Å². The van der Waals surface area contributed by atoms with Gasteiger partial charge in [0.1, 0.15) is 5.75 Å². The lowest BCUT2D eigenvalue weighted by molar-refractivity contribution is -0.118. The highest BCUT2D eigenvalue weighted by molar-refractivity contribution is 5.91. The molecule has 144 valence electrons. The highest BCUT2D eigenvalue weighted by Crippen LogP contribution is 2.19. The van der Waals surface area contributed by atoms with Gasteiger partial charge >= 0.3 is 0 Å². The molecule has 1 aliphatic carbocycles. The lowest BCUT2D eigenvalue weighted by atomic mass is 10.1. The summed E-state index contributed by atoms with van der Waals surface area (Å²) >= 11 is 0. The van der Waals surface area contributed by atoms with E-state index in [4.69, 9.17) is 4.74 Å². The average molecular weight is 367 g/mol. The Morgan fingerprint density at radius 2 is 1.78 bits per heavy atom. The van der Waals surface area contributed by atoms with Crippen LogP contribution in [0.1, 0.15) is 49.7 Å². The Kier molecular flexibility index (Phi) is 7.28. The number of aryl methyl sites for hydroxylation is 1. The number of anilines is 1. The largest absolute Gasteiger partial charge is 0.484 e. The van der Waals surface area contributed by atoms with Crippen molar-refractivity contribution < 1.29 is 9.53 Å². The molecule has 2 N–H and O–H groups in total. The summed E-state index contributed by atoms with van der Waals surface area (Å²) in [5.41, 5.74) is 3.14. The molecule has 0 spiro atoms. The second-order valence-electron chi connectivity index (χ2n) is 7.42. The maximum atomic E-state index is 12.1. The van der Waals surface area contributed by atoms with Gasteiger partial charge in [0.25, 0.3) is 5.91 Å². The van der Waals surface area contributed by atoms with Gasteiger partial charge in [-0.05, 0) is 49.6 Å². The number of rotatable bonds is 7. The molecule has 0 saturated heterocycles. The summed E-state index contributed by atoms with van der Waals surface area (Å²) in [5, 5.41) is 6.52. The van der Waals surface area contributed by atoms with Crippen LogP contribution in [0.4, 0.5) is 5.69 Å². The van der Waals surface area contributed by atoms with Crippen LogP contribution in [0.3, 0.4) is 0 Å². The predicted molar refractivity (Wildman–Crippen MR) is 110 cm³/mol. The molecular formula is C23H30N2O2. The van der Waals surface area contributed by atoms with Crippen LogP contribution in [-0.2, 0) is 11.3 Å². The monoisotopic (exact) mass is 366 g/mol. The number of ether oxygens (including phenoxy) is 1. The third-order valence-corrected chi connectivity index (χ3v) is 5.05. The molecule has 1 saturated carbocycles. The van der Waals surface area contributed by atoms with Gasteiger partial charge in [-0.15, -0.1) is 0 Å². The van der Waals surface area contributed by atoms with Crippen molar-refractivity contribution in [1.82, 2.24) is 5.32 Å². The fourth-order valence-corrected chi connectivity index (χ4v) is 3.47. The number of carbonyl (C=O) groups excluding carboxylic acids is 1. The Morgan fingerprint density at radius 3 is 2.52 bits per heavy atom. The van der Waals surface area contributed by atoms with Crippen LogP contribution in [0.25, 0.3) is 0 Å². The molecule has 0 heterocycles.